The molecule has 3 amide bonds. The summed E-state index contributed by atoms with van der Waals surface area (Å²) in [5.41, 5.74) is 2.96. The van der Waals surface area contributed by atoms with Crippen LogP contribution in [0.2, 0.25) is 0 Å². The van der Waals surface area contributed by atoms with Crippen molar-refractivity contribution in [3.63, 3.8) is 0 Å². The number of fused-ring (bicyclic) bond motifs is 1. The third-order valence-electron chi connectivity index (χ3n) is 6.44. The van der Waals surface area contributed by atoms with Crippen LogP contribution < -0.4 is 16.0 Å². The van der Waals surface area contributed by atoms with Crippen LogP contribution in [0.1, 0.15) is 47.2 Å². The fraction of sp³-hybridized carbons (Fsp3) is 0.571. The largest absolute Gasteiger partial charge is 0.374 e. The molecule has 8 heteroatoms. The summed E-state index contributed by atoms with van der Waals surface area (Å²) in [5.74, 6) is -0.781. The van der Waals surface area contributed by atoms with Gasteiger partial charge in [0.15, 0.2) is 0 Å². The lowest BCUT2D eigenvalue weighted by molar-refractivity contribution is -0.136. The summed E-state index contributed by atoms with van der Waals surface area (Å²) in [6.45, 7) is 3.57. The van der Waals surface area contributed by atoms with Crippen molar-refractivity contribution in [2.45, 2.75) is 56.5 Å². The third-order valence-corrected chi connectivity index (χ3v) is 6.44. The minimum absolute atomic E-state index is 0.135. The Morgan fingerprint density at radius 1 is 1.24 bits per heavy atom. The molecule has 1 aromatic carbocycles. The van der Waals surface area contributed by atoms with E-state index in [-0.39, 0.29) is 35.8 Å². The van der Waals surface area contributed by atoms with E-state index in [1.807, 2.05) is 18.2 Å². The number of ether oxygens (including phenoxy) is 1. The van der Waals surface area contributed by atoms with E-state index in [0.717, 1.165) is 30.8 Å². The standard InChI is InChI=1S/C21H26N4O4/c26-18-4-3-17(19(27)24-18)25-11-14-7-13(1-2-16(14)20(25)28)8-22-9-15-10-23-21(5-6-21)12-29-15/h1-2,7,15,17,22-23H,3-6,8-12H2,(H,24,26,27). The molecule has 5 rings (SSSR count). The van der Waals surface area contributed by atoms with Crippen LogP contribution in [0, 0.1) is 0 Å². The average Bonchev–Trinajstić information content (AvgIpc) is 3.39. The van der Waals surface area contributed by atoms with Gasteiger partial charge in [-0.2, -0.15) is 0 Å². The van der Waals surface area contributed by atoms with E-state index in [0.29, 0.717) is 25.1 Å². The van der Waals surface area contributed by atoms with Crippen molar-refractivity contribution in [2.75, 3.05) is 19.7 Å². The molecule has 0 aromatic heterocycles. The number of morpholine rings is 1. The summed E-state index contributed by atoms with van der Waals surface area (Å²) >= 11 is 0. The van der Waals surface area contributed by atoms with E-state index >= 15 is 0 Å². The van der Waals surface area contributed by atoms with Crippen molar-refractivity contribution in [1.29, 1.82) is 0 Å². The van der Waals surface area contributed by atoms with Gasteiger partial charge in [-0.15, -0.1) is 0 Å². The van der Waals surface area contributed by atoms with Gasteiger partial charge in [-0.1, -0.05) is 12.1 Å². The smallest absolute Gasteiger partial charge is 0.255 e. The minimum Gasteiger partial charge on any atom is -0.374 e. The first-order chi connectivity index (χ1) is 14.0. The number of imide groups is 1. The van der Waals surface area contributed by atoms with Gasteiger partial charge in [0.2, 0.25) is 11.8 Å². The van der Waals surface area contributed by atoms with Gasteiger partial charge in [0.1, 0.15) is 6.04 Å². The van der Waals surface area contributed by atoms with Crippen LogP contribution in [0.5, 0.6) is 0 Å². The molecule has 3 heterocycles. The molecule has 0 bridgehead atoms. The molecular formula is C21H26N4O4. The van der Waals surface area contributed by atoms with Crippen molar-refractivity contribution < 1.29 is 19.1 Å². The number of amides is 3. The lowest BCUT2D eigenvalue weighted by atomic mass is 10.0. The number of benzene rings is 1. The summed E-state index contributed by atoms with van der Waals surface area (Å²) in [5, 5.41) is 9.36. The molecule has 2 unspecified atom stereocenters. The van der Waals surface area contributed by atoms with E-state index in [4.69, 9.17) is 4.74 Å². The fourth-order valence-corrected chi connectivity index (χ4v) is 4.44. The number of nitrogens with one attached hydrogen (secondary N) is 3. The molecule has 154 valence electrons. The van der Waals surface area contributed by atoms with Gasteiger partial charge >= 0.3 is 0 Å². The van der Waals surface area contributed by atoms with Gasteiger partial charge in [0, 0.05) is 43.7 Å². The highest BCUT2D eigenvalue weighted by atomic mass is 16.5. The van der Waals surface area contributed by atoms with Crippen molar-refractivity contribution in [3.05, 3.63) is 34.9 Å². The Balaban J connectivity index is 1.16. The molecule has 3 fully saturated rings. The topological polar surface area (TPSA) is 99.8 Å². The Kier molecular flexibility index (Phi) is 4.64. The first-order valence-corrected chi connectivity index (χ1v) is 10.4. The Labute approximate surface area is 169 Å². The molecule has 2 atom stereocenters. The monoisotopic (exact) mass is 398 g/mol. The van der Waals surface area contributed by atoms with E-state index in [1.54, 1.807) is 4.90 Å². The first-order valence-electron chi connectivity index (χ1n) is 10.4. The third kappa shape index (κ3) is 3.68. The molecule has 1 spiro atoms. The van der Waals surface area contributed by atoms with Crippen LogP contribution in [0.4, 0.5) is 0 Å². The highest BCUT2D eigenvalue weighted by Crippen LogP contribution is 2.37. The predicted octanol–water partition coefficient (Wildman–Crippen LogP) is 0.0582. The molecule has 8 nitrogen and oxygen atoms in total. The summed E-state index contributed by atoms with van der Waals surface area (Å²) in [7, 11) is 0. The molecule has 0 radical (unpaired) electrons. The van der Waals surface area contributed by atoms with Gasteiger partial charge in [-0.25, -0.2) is 0 Å². The maximum Gasteiger partial charge on any atom is 0.255 e. The molecule has 1 saturated carbocycles. The quantitative estimate of drug-likeness (QED) is 0.607. The number of hydrogen-bond donors (Lipinski definition) is 3. The second-order valence-electron chi connectivity index (χ2n) is 8.62. The van der Waals surface area contributed by atoms with E-state index < -0.39 is 6.04 Å². The highest BCUT2D eigenvalue weighted by Gasteiger charge is 2.45. The van der Waals surface area contributed by atoms with Crippen molar-refractivity contribution in [1.82, 2.24) is 20.9 Å². The summed E-state index contributed by atoms with van der Waals surface area (Å²) < 4.78 is 5.94. The van der Waals surface area contributed by atoms with Crippen LogP contribution in [0.15, 0.2) is 18.2 Å². The van der Waals surface area contributed by atoms with Crippen LogP contribution in [0.25, 0.3) is 0 Å². The van der Waals surface area contributed by atoms with E-state index in [9.17, 15) is 14.4 Å². The molecule has 3 N–H and O–H groups in total. The number of nitrogens with zero attached hydrogens (tertiary/aromatic N) is 1. The fourth-order valence-electron chi connectivity index (χ4n) is 4.44. The number of carbonyl (C=O) groups excluding carboxylic acids is 3. The van der Waals surface area contributed by atoms with Gasteiger partial charge in [0.25, 0.3) is 5.91 Å². The maximum absolute atomic E-state index is 12.7. The first kappa shape index (κ1) is 18.7. The zero-order valence-electron chi connectivity index (χ0n) is 16.3. The summed E-state index contributed by atoms with van der Waals surface area (Å²) in [4.78, 5) is 37.8. The van der Waals surface area contributed by atoms with E-state index in [2.05, 4.69) is 16.0 Å². The lowest BCUT2D eigenvalue weighted by Gasteiger charge is -2.30. The zero-order chi connectivity index (χ0) is 20.0. The number of hydrogen-bond acceptors (Lipinski definition) is 6. The van der Waals surface area contributed by atoms with Crippen molar-refractivity contribution in [3.8, 4) is 0 Å². The Hall–Kier alpha value is -2.29. The zero-order valence-corrected chi connectivity index (χ0v) is 16.3. The Morgan fingerprint density at radius 2 is 2.10 bits per heavy atom. The van der Waals surface area contributed by atoms with E-state index in [1.165, 1.54) is 12.8 Å². The van der Waals surface area contributed by atoms with Gasteiger partial charge in [-0.3, -0.25) is 19.7 Å². The van der Waals surface area contributed by atoms with Crippen LogP contribution in [-0.2, 0) is 27.4 Å². The molecule has 1 aromatic rings. The number of piperidine rings is 1. The van der Waals surface area contributed by atoms with Crippen LogP contribution >= 0.6 is 0 Å². The molecule has 4 aliphatic rings. The predicted molar refractivity (Wildman–Crippen MR) is 104 cm³/mol. The van der Waals surface area contributed by atoms with Crippen LogP contribution in [0.3, 0.4) is 0 Å². The van der Waals surface area contributed by atoms with Gasteiger partial charge in [-0.05, 0) is 36.5 Å². The normalized spacial score (nSPS) is 27.9. The maximum atomic E-state index is 12.7. The number of carbonyl (C=O) groups is 3. The molecule has 1 aliphatic carbocycles. The second kappa shape index (κ2) is 7.19. The Morgan fingerprint density at radius 3 is 2.83 bits per heavy atom. The molecule has 29 heavy (non-hydrogen) atoms. The second-order valence-corrected chi connectivity index (χ2v) is 8.62. The summed E-state index contributed by atoms with van der Waals surface area (Å²) in [6, 6.07) is 5.26. The minimum atomic E-state index is -0.570. The Bertz CT molecular complexity index is 856. The van der Waals surface area contributed by atoms with Crippen LogP contribution in [-0.4, -0.2) is 60.0 Å². The number of rotatable bonds is 5. The molecular weight excluding hydrogens is 372 g/mol. The lowest BCUT2D eigenvalue weighted by Crippen LogP contribution is -2.52. The van der Waals surface area contributed by atoms with Gasteiger partial charge in [0.05, 0.1) is 12.7 Å². The summed E-state index contributed by atoms with van der Waals surface area (Å²) in [6.07, 6.45) is 3.27. The highest BCUT2D eigenvalue weighted by molar-refractivity contribution is 6.05. The van der Waals surface area contributed by atoms with Crippen molar-refractivity contribution in [2.24, 2.45) is 0 Å². The average molecular weight is 398 g/mol. The molecule has 2 saturated heterocycles. The van der Waals surface area contributed by atoms with Crippen molar-refractivity contribution >= 4 is 17.7 Å². The van der Waals surface area contributed by atoms with Gasteiger partial charge < -0.3 is 20.3 Å². The SMILES string of the molecule is O=C1CCC(N2Cc3cc(CNCC4CNC5(CC5)CO4)ccc3C2=O)C(=O)N1. The molecule has 3 aliphatic heterocycles.